The predicted octanol–water partition coefficient (Wildman–Crippen LogP) is 4.33. The Balaban J connectivity index is 1.49. The molecular formula is C23H21ClN2O3S. The van der Waals surface area contributed by atoms with Crippen molar-refractivity contribution in [3.63, 3.8) is 0 Å². The van der Waals surface area contributed by atoms with E-state index in [0.717, 1.165) is 28.8 Å². The first-order chi connectivity index (χ1) is 14.3. The highest BCUT2D eigenvalue weighted by Crippen LogP contribution is 2.30. The van der Waals surface area contributed by atoms with Crippen molar-refractivity contribution in [3.05, 3.63) is 94.0 Å². The van der Waals surface area contributed by atoms with Gasteiger partial charge in [-0.25, -0.2) is 13.1 Å². The normalized spacial score (nSPS) is 13.3. The van der Waals surface area contributed by atoms with Crippen LogP contribution in [0.15, 0.2) is 71.6 Å². The van der Waals surface area contributed by atoms with Crippen molar-refractivity contribution in [2.45, 2.75) is 24.8 Å². The first kappa shape index (κ1) is 20.6. The summed E-state index contributed by atoms with van der Waals surface area (Å²) >= 11 is 5.90. The standard InChI is InChI=1S/C23H21ClN2O3S/c1-16-4-2-5-19(12-16)23(27)26-11-10-18-13-17(8-9-22(18)26)15-25-30(28,29)21-7-3-6-20(24)14-21/h2-9,12-14,25H,10-11,15H2,1H3. The van der Waals surface area contributed by atoms with Gasteiger partial charge in [-0.15, -0.1) is 0 Å². The number of nitrogens with zero attached hydrogens (tertiary/aromatic N) is 1. The maximum atomic E-state index is 12.9. The van der Waals surface area contributed by atoms with E-state index in [1.165, 1.54) is 12.1 Å². The summed E-state index contributed by atoms with van der Waals surface area (Å²) in [6, 6.07) is 19.4. The van der Waals surface area contributed by atoms with Crippen LogP contribution in [0.3, 0.4) is 0 Å². The van der Waals surface area contributed by atoms with E-state index in [4.69, 9.17) is 11.6 Å². The highest BCUT2D eigenvalue weighted by atomic mass is 35.5. The van der Waals surface area contributed by atoms with Crippen LogP contribution in [-0.2, 0) is 23.0 Å². The molecule has 0 unspecified atom stereocenters. The minimum atomic E-state index is -3.66. The Bertz CT molecular complexity index is 1220. The number of hydrogen-bond donors (Lipinski definition) is 1. The molecule has 1 aliphatic heterocycles. The molecule has 0 bridgehead atoms. The number of nitrogens with one attached hydrogen (secondary N) is 1. The van der Waals surface area contributed by atoms with E-state index in [0.29, 0.717) is 17.1 Å². The van der Waals surface area contributed by atoms with Crippen LogP contribution in [0.1, 0.15) is 27.0 Å². The highest BCUT2D eigenvalue weighted by molar-refractivity contribution is 7.89. The van der Waals surface area contributed by atoms with Crippen molar-refractivity contribution in [1.82, 2.24) is 4.72 Å². The molecule has 0 aromatic heterocycles. The fourth-order valence-corrected chi connectivity index (χ4v) is 4.92. The van der Waals surface area contributed by atoms with Crippen LogP contribution in [0, 0.1) is 6.92 Å². The summed E-state index contributed by atoms with van der Waals surface area (Å²) in [4.78, 5) is 14.8. The molecule has 0 fully saturated rings. The third-order valence-corrected chi connectivity index (χ3v) is 6.76. The second-order valence-corrected chi connectivity index (χ2v) is 9.52. The monoisotopic (exact) mass is 440 g/mol. The molecule has 1 amide bonds. The number of carbonyl (C=O) groups is 1. The quantitative estimate of drug-likeness (QED) is 0.642. The summed E-state index contributed by atoms with van der Waals surface area (Å²) in [5.41, 5.74) is 4.46. The maximum Gasteiger partial charge on any atom is 0.258 e. The van der Waals surface area contributed by atoms with E-state index in [-0.39, 0.29) is 17.3 Å². The fraction of sp³-hybridized carbons (Fsp3) is 0.174. The van der Waals surface area contributed by atoms with Crippen molar-refractivity contribution >= 4 is 33.2 Å². The van der Waals surface area contributed by atoms with Gasteiger partial charge < -0.3 is 4.90 Å². The number of amides is 1. The van der Waals surface area contributed by atoms with Crippen LogP contribution in [0.4, 0.5) is 5.69 Å². The van der Waals surface area contributed by atoms with E-state index in [2.05, 4.69) is 4.72 Å². The zero-order valence-electron chi connectivity index (χ0n) is 16.4. The van der Waals surface area contributed by atoms with Crippen molar-refractivity contribution in [2.24, 2.45) is 0 Å². The van der Waals surface area contributed by atoms with E-state index in [1.54, 1.807) is 17.0 Å². The van der Waals surface area contributed by atoms with Gasteiger partial charge in [0, 0.05) is 29.4 Å². The summed E-state index contributed by atoms with van der Waals surface area (Å²) in [7, 11) is -3.66. The lowest BCUT2D eigenvalue weighted by Crippen LogP contribution is -2.28. The Kier molecular flexibility index (Phi) is 5.64. The van der Waals surface area contributed by atoms with Gasteiger partial charge >= 0.3 is 0 Å². The van der Waals surface area contributed by atoms with Gasteiger partial charge in [0.1, 0.15) is 0 Å². The molecule has 1 heterocycles. The molecule has 0 spiro atoms. The molecule has 4 rings (SSSR count). The first-order valence-corrected chi connectivity index (χ1v) is 11.5. The van der Waals surface area contributed by atoms with E-state index in [9.17, 15) is 13.2 Å². The molecule has 5 nitrogen and oxygen atoms in total. The zero-order valence-corrected chi connectivity index (χ0v) is 18.0. The van der Waals surface area contributed by atoms with Gasteiger partial charge in [-0.2, -0.15) is 0 Å². The maximum absolute atomic E-state index is 12.9. The third kappa shape index (κ3) is 4.26. The third-order valence-electron chi connectivity index (χ3n) is 5.12. The number of carbonyl (C=O) groups excluding carboxylic acids is 1. The molecule has 7 heteroatoms. The van der Waals surface area contributed by atoms with Crippen LogP contribution >= 0.6 is 11.6 Å². The molecule has 0 aliphatic carbocycles. The largest absolute Gasteiger partial charge is 0.308 e. The minimum absolute atomic E-state index is 0.0214. The van der Waals surface area contributed by atoms with Crippen LogP contribution in [0.25, 0.3) is 0 Å². The number of halogens is 1. The number of hydrogen-bond acceptors (Lipinski definition) is 3. The van der Waals surface area contributed by atoms with Gasteiger partial charge in [-0.05, 0) is 60.9 Å². The number of aryl methyl sites for hydroxylation is 1. The van der Waals surface area contributed by atoms with Gasteiger partial charge in [0.2, 0.25) is 10.0 Å². The zero-order chi connectivity index (χ0) is 21.3. The Labute approximate surface area is 181 Å². The minimum Gasteiger partial charge on any atom is -0.308 e. The average Bonchev–Trinajstić information content (AvgIpc) is 3.15. The van der Waals surface area contributed by atoms with Gasteiger partial charge in [-0.1, -0.05) is 47.5 Å². The van der Waals surface area contributed by atoms with Crippen molar-refractivity contribution in [2.75, 3.05) is 11.4 Å². The molecule has 3 aromatic rings. The lowest BCUT2D eigenvalue weighted by atomic mass is 10.1. The predicted molar refractivity (Wildman–Crippen MR) is 118 cm³/mol. The Morgan fingerprint density at radius 1 is 1.07 bits per heavy atom. The molecular weight excluding hydrogens is 420 g/mol. The highest BCUT2D eigenvalue weighted by Gasteiger charge is 2.26. The number of sulfonamides is 1. The number of anilines is 1. The van der Waals surface area contributed by atoms with E-state index < -0.39 is 10.0 Å². The lowest BCUT2D eigenvalue weighted by Gasteiger charge is -2.18. The van der Waals surface area contributed by atoms with Crippen molar-refractivity contribution in [1.29, 1.82) is 0 Å². The van der Waals surface area contributed by atoms with Crippen LogP contribution in [0.5, 0.6) is 0 Å². The molecule has 1 N–H and O–H groups in total. The summed E-state index contributed by atoms with van der Waals surface area (Å²) < 4.78 is 27.6. The Hall–Kier alpha value is -2.67. The molecule has 0 atom stereocenters. The van der Waals surface area contributed by atoms with E-state index >= 15 is 0 Å². The van der Waals surface area contributed by atoms with Crippen molar-refractivity contribution < 1.29 is 13.2 Å². The molecule has 0 saturated heterocycles. The van der Waals surface area contributed by atoms with Crippen LogP contribution in [0.2, 0.25) is 5.02 Å². The van der Waals surface area contributed by atoms with Crippen LogP contribution in [-0.4, -0.2) is 20.9 Å². The summed E-state index contributed by atoms with van der Waals surface area (Å²) in [5.74, 6) is -0.0214. The smallest absolute Gasteiger partial charge is 0.258 e. The Morgan fingerprint density at radius 3 is 2.63 bits per heavy atom. The average molecular weight is 441 g/mol. The SMILES string of the molecule is Cc1cccc(C(=O)N2CCc3cc(CNS(=O)(=O)c4cccc(Cl)c4)ccc32)c1. The second kappa shape index (κ2) is 8.22. The van der Waals surface area contributed by atoms with Crippen molar-refractivity contribution in [3.8, 4) is 0 Å². The first-order valence-electron chi connectivity index (χ1n) is 9.59. The molecule has 30 heavy (non-hydrogen) atoms. The van der Waals surface area contributed by atoms with E-state index in [1.807, 2.05) is 49.4 Å². The number of fused-ring (bicyclic) bond motifs is 1. The number of rotatable bonds is 5. The van der Waals surface area contributed by atoms with Gasteiger partial charge in [0.15, 0.2) is 0 Å². The molecule has 0 saturated carbocycles. The summed E-state index contributed by atoms with van der Waals surface area (Å²) in [5, 5.41) is 0.369. The van der Waals surface area contributed by atoms with Gasteiger partial charge in [0.25, 0.3) is 5.91 Å². The molecule has 3 aromatic carbocycles. The topological polar surface area (TPSA) is 66.5 Å². The second-order valence-electron chi connectivity index (χ2n) is 7.32. The Morgan fingerprint density at radius 2 is 1.87 bits per heavy atom. The molecule has 154 valence electrons. The molecule has 1 aliphatic rings. The summed E-state index contributed by atoms with van der Waals surface area (Å²) in [6.07, 6.45) is 0.738. The van der Waals surface area contributed by atoms with Gasteiger partial charge in [-0.3, -0.25) is 4.79 Å². The molecule has 0 radical (unpaired) electrons. The fourth-order valence-electron chi connectivity index (χ4n) is 3.61. The lowest BCUT2D eigenvalue weighted by molar-refractivity contribution is 0.0989. The van der Waals surface area contributed by atoms with Crippen LogP contribution < -0.4 is 9.62 Å². The van der Waals surface area contributed by atoms with Gasteiger partial charge in [0.05, 0.1) is 4.90 Å². The number of benzene rings is 3. The summed E-state index contributed by atoms with van der Waals surface area (Å²) in [6.45, 7) is 2.74.